The van der Waals surface area contributed by atoms with Gasteiger partial charge in [-0.1, -0.05) is 6.92 Å². The van der Waals surface area contributed by atoms with Crippen LogP contribution in [0.5, 0.6) is 0 Å². The lowest BCUT2D eigenvalue weighted by Gasteiger charge is -2.31. The lowest BCUT2D eigenvalue weighted by atomic mass is 9.80. The molecule has 2 N–H and O–H groups in total. The van der Waals surface area contributed by atoms with Gasteiger partial charge >= 0.3 is 0 Å². The minimum atomic E-state index is -0.957. The molecule has 5 nitrogen and oxygen atoms in total. The zero-order valence-corrected chi connectivity index (χ0v) is 10.4. The Labute approximate surface area is 102 Å². The van der Waals surface area contributed by atoms with Gasteiger partial charge in [0.05, 0.1) is 6.07 Å². The number of hydrogen-bond acceptors (Lipinski definition) is 4. The molecule has 0 aromatic heterocycles. The van der Waals surface area contributed by atoms with Gasteiger partial charge < -0.3 is 15.2 Å². The molecule has 1 aliphatic rings. The topological polar surface area (TPSA) is 82.4 Å². The van der Waals surface area contributed by atoms with Gasteiger partial charge in [-0.15, -0.1) is 0 Å². The molecule has 1 aliphatic heterocycles. The number of hydrogen-bond donors (Lipinski definition) is 2. The molecule has 17 heavy (non-hydrogen) atoms. The summed E-state index contributed by atoms with van der Waals surface area (Å²) in [4.78, 5) is 12.1. The van der Waals surface area contributed by atoms with Crippen LogP contribution in [0, 0.1) is 22.7 Å². The second kappa shape index (κ2) is 5.99. The molecular formula is C12H20N2O3. The van der Waals surface area contributed by atoms with E-state index in [1.807, 2.05) is 13.8 Å². The lowest BCUT2D eigenvalue weighted by Crippen LogP contribution is -2.48. The molecule has 5 heteroatoms. The van der Waals surface area contributed by atoms with Crippen molar-refractivity contribution in [3.05, 3.63) is 0 Å². The number of carbonyl (C=O) groups excluding carboxylic acids is 1. The quantitative estimate of drug-likeness (QED) is 0.747. The van der Waals surface area contributed by atoms with Gasteiger partial charge in [-0.25, -0.2) is 0 Å². The molecule has 0 aromatic rings. The van der Waals surface area contributed by atoms with Crippen LogP contribution in [0.25, 0.3) is 0 Å². The number of nitrogens with one attached hydrogen (secondary N) is 1. The van der Waals surface area contributed by atoms with E-state index in [4.69, 9.17) is 9.84 Å². The van der Waals surface area contributed by atoms with Crippen molar-refractivity contribution in [1.82, 2.24) is 5.32 Å². The van der Waals surface area contributed by atoms with Crippen LogP contribution in [0.1, 0.15) is 26.7 Å². The van der Waals surface area contributed by atoms with Gasteiger partial charge in [0.2, 0.25) is 5.91 Å². The van der Waals surface area contributed by atoms with Crippen molar-refractivity contribution in [3.63, 3.8) is 0 Å². The van der Waals surface area contributed by atoms with E-state index in [-0.39, 0.29) is 24.5 Å². The lowest BCUT2D eigenvalue weighted by molar-refractivity contribution is -0.133. The Bertz CT molecular complexity index is 305. The van der Waals surface area contributed by atoms with Crippen LogP contribution in [0.4, 0.5) is 0 Å². The first kappa shape index (κ1) is 13.9. The number of nitrogens with zero attached hydrogens (tertiary/aromatic N) is 1. The highest BCUT2D eigenvalue weighted by Gasteiger charge is 2.41. The van der Waals surface area contributed by atoms with E-state index in [1.165, 1.54) is 0 Å². The summed E-state index contributed by atoms with van der Waals surface area (Å²) < 4.78 is 5.18. The van der Waals surface area contributed by atoms with E-state index < -0.39 is 5.41 Å². The molecule has 0 bridgehead atoms. The molecule has 96 valence electrons. The molecule has 1 fully saturated rings. The summed E-state index contributed by atoms with van der Waals surface area (Å²) in [6.45, 7) is 4.61. The summed E-state index contributed by atoms with van der Waals surface area (Å²) in [6, 6.07) is 1.99. The average molecular weight is 240 g/mol. The Balaban J connectivity index is 2.64. The van der Waals surface area contributed by atoms with E-state index in [0.29, 0.717) is 26.1 Å². The molecule has 2 unspecified atom stereocenters. The average Bonchev–Trinajstić information content (AvgIpc) is 2.38. The third kappa shape index (κ3) is 3.18. The summed E-state index contributed by atoms with van der Waals surface area (Å²) in [5, 5.41) is 21.0. The number of carbonyl (C=O) groups is 1. The molecule has 0 radical (unpaired) electrons. The van der Waals surface area contributed by atoms with Crippen LogP contribution in [0.15, 0.2) is 0 Å². The van der Waals surface area contributed by atoms with Crippen molar-refractivity contribution in [2.24, 2.45) is 11.3 Å². The molecule has 1 rings (SSSR count). The van der Waals surface area contributed by atoms with Crippen LogP contribution < -0.4 is 5.32 Å². The molecule has 0 aromatic carbocycles. The monoisotopic (exact) mass is 240 g/mol. The molecule has 0 saturated carbocycles. The fourth-order valence-corrected chi connectivity index (χ4v) is 1.75. The summed E-state index contributed by atoms with van der Waals surface area (Å²) >= 11 is 0. The molecule has 1 heterocycles. The molecule has 2 atom stereocenters. The second-order valence-electron chi connectivity index (χ2n) is 4.73. The minimum absolute atomic E-state index is 0.0180. The highest BCUT2D eigenvalue weighted by atomic mass is 16.5. The van der Waals surface area contributed by atoms with Crippen molar-refractivity contribution < 1.29 is 14.6 Å². The number of amides is 1. The molecule has 0 aliphatic carbocycles. The van der Waals surface area contributed by atoms with Crippen LogP contribution in [0.3, 0.4) is 0 Å². The zero-order chi connectivity index (χ0) is 12.9. The number of ether oxygens (including phenoxy) is 1. The Kier molecular flexibility index (Phi) is 4.91. The Hall–Kier alpha value is -1.12. The highest BCUT2D eigenvalue weighted by Crippen LogP contribution is 2.30. The van der Waals surface area contributed by atoms with Crippen LogP contribution >= 0.6 is 0 Å². The van der Waals surface area contributed by atoms with Gasteiger partial charge in [-0.05, 0) is 25.7 Å². The predicted octanol–water partition coefficient (Wildman–Crippen LogP) is 0.440. The fourth-order valence-electron chi connectivity index (χ4n) is 1.75. The summed E-state index contributed by atoms with van der Waals surface area (Å²) in [7, 11) is 0. The minimum Gasteiger partial charge on any atom is -0.396 e. The molecule has 1 amide bonds. The number of nitriles is 1. The first-order chi connectivity index (χ1) is 8.05. The third-order valence-electron chi connectivity index (χ3n) is 3.50. The van der Waals surface area contributed by atoms with Crippen molar-refractivity contribution >= 4 is 5.91 Å². The van der Waals surface area contributed by atoms with Gasteiger partial charge in [-0.3, -0.25) is 4.79 Å². The van der Waals surface area contributed by atoms with E-state index >= 15 is 0 Å². The first-order valence-corrected chi connectivity index (χ1v) is 5.96. The number of aliphatic hydroxyl groups is 1. The van der Waals surface area contributed by atoms with Crippen LogP contribution in [-0.4, -0.2) is 36.9 Å². The first-order valence-electron chi connectivity index (χ1n) is 5.96. The molecule has 0 spiro atoms. The summed E-state index contributed by atoms with van der Waals surface area (Å²) in [5.41, 5.74) is -0.957. The summed E-state index contributed by atoms with van der Waals surface area (Å²) in [5.74, 6) is -0.259. The van der Waals surface area contributed by atoms with E-state index in [9.17, 15) is 10.1 Å². The van der Waals surface area contributed by atoms with Gasteiger partial charge in [-0.2, -0.15) is 5.26 Å². The predicted molar refractivity (Wildman–Crippen MR) is 62.0 cm³/mol. The maximum atomic E-state index is 12.1. The third-order valence-corrected chi connectivity index (χ3v) is 3.50. The van der Waals surface area contributed by atoms with E-state index in [1.54, 1.807) is 0 Å². The van der Waals surface area contributed by atoms with Gasteiger partial charge in [0.1, 0.15) is 5.41 Å². The van der Waals surface area contributed by atoms with Gasteiger partial charge in [0, 0.05) is 25.9 Å². The Morgan fingerprint density at radius 3 is 2.59 bits per heavy atom. The van der Waals surface area contributed by atoms with Crippen molar-refractivity contribution in [3.8, 4) is 6.07 Å². The number of rotatable bonds is 4. The van der Waals surface area contributed by atoms with Crippen LogP contribution in [-0.2, 0) is 9.53 Å². The van der Waals surface area contributed by atoms with Crippen LogP contribution in [0.2, 0.25) is 0 Å². The van der Waals surface area contributed by atoms with Crippen molar-refractivity contribution in [2.75, 3.05) is 19.8 Å². The van der Waals surface area contributed by atoms with E-state index in [2.05, 4.69) is 11.4 Å². The van der Waals surface area contributed by atoms with Crippen molar-refractivity contribution in [2.45, 2.75) is 32.7 Å². The largest absolute Gasteiger partial charge is 0.396 e. The zero-order valence-electron chi connectivity index (χ0n) is 10.4. The normalized spacial score (nSPS) is 22.2. The van der Waals surface area contributed by atoms with Crippen molar-refractivity contribution in [1.29, 1.82) is 5.26 Å². The molecular weight excluding hydrogens is 220 g/mol. The van der Waals surface area contributed by atoms with Gasteiger partial charge in [0.25, 0.3) is 0 Å². The Morgan fingerprint density at radius 2 is 2.12 bits per heavy atom. The second-order valence-corrected chi connectivity index (χ2v) is 4.73. The number of aliphatic hydroxyl groups excluding tert-OH is 1. The standard InChI is InChI=1S/C12H20N2O3/c1-9(7-15)10(2)14-11(16)12(8-13)3-5-17-6-4-12/h9-10,15H,3-7H2,1-2H3,(H,14,16). The maximum Gasteiger partial charge on any atom is 0.240 e. The maximum absolute atomic E-state index is 12.1. The SMILES string of the molecule is CC(CO)C(C)NC(=O)C1(C#N)CCOCC1. The highest BCUT2D eigenvalue weighted by molar-refractivity contribution is 5.85. The summed E-state index contributed by atoms with van der Waals surface area (Å²) in [6.07, 6.45) is 0.880. The Morgan fingerprint density at radius 1 is 1.53 bits per heavy atom. The fraction of sp³-hybridized carbons (Fsp3) is 0.833. The van der Waals surface area contributed by atoms with Gasteiger partial charge in [0.15, 0.2) is 0 Å². The van der Waals surface area contributed by atoms with E-state index in [0.717, 1.165) is 0 Å². The smallest absolute Gasteiger partial charge is 0.240 e. The molecule has 1 saturated heterocycles.